The summed E-state index contributed by atoms with van der Waals surface area (Å²) < 4.78 is 10.0. The highest BCUT2D eigenvalue weighted by Gasteiger charge is 2.13. The van der Waals surface area contributed by atoms with Crippen LogP contribution < -0.4 is 4.74 Å². The van der Waals surface area contributed by atoms with Crippen LogP contribution in [0.4, 0.5) is 0 Å². The molecule has 0 aliphatic heterocycles. The molecule has 1 aromatic carbocycles. The zero-order chi connectivity index (χ0) is 11.3. The number of esters is 1. The Labute approximate surface area is 97.5 Å². The second kappa shape index (κ2) is 5.75. The van der Waals surface area contributed by atoms with Gasteiger partial charge < -0.3 is 9.47 Å². The molecule has 0 atom stereocenters. The summed E-state index contributed by atoms with van der Waals surface area (Å²) in [5.74, 6) is 0.195. The molecule has 4 heteroatoms. The van der Waals surface area contributed by atoms with E-state index in [1.807, 2.05) is 12.1 Å². The number of halogens is 1. The van der Waals surface area contributed by atoms with E-state index in [1.165, 1.54) is 7.11 Å². The Kier molecular flexibility index (Phi) is 4.62. The zero-order valence-corrected chi connectivity index (χ0v) is 10.3. The number of rotatable bonds is 4. The third kappa shape index (κ3) is 2.96. The molecule has 0 aromatic heterocycles. The number of ether oxygens (including phenoxy) is 2. The molecular weight excluding hydrogens is 260 g/mol. The van der Waals surface area contributed by atoms with Crippen LogP contribution in [0.1, 0.15) is 22.8 Å². The van der Waals surface area contributed by atoms with Crippen LogP contribution in [-0.2, 0) is 10.1 Å². The predicted molar refractivity (Wildman–Crippen MR) is 61.6 cm³/mol. The van der Waals surface area contributed by atoms with E-state index >= 15 is 0 Å². The van der Waals surface area contributed by atoms with Gasteiger partial charge in [0.25, 0.3) is 0 Å². The van der Waals surface area contributed by atoms with Gasteiger partial charge in [-0.15, -0.1) is 0 Å². The van der Waals surface area contributed by atoms with Crippen molar-refractivity contribution < 1.29 is 14.3 Å². The number of carbonyl (C=O) groups is 1. The first kappa shape index (κ1) is 12.0. The molecule has 0 radical (unpaired) electrons. The number of benzene rings is 1. The molecule has 0 amide bonds. The largest absolute Gasteiger partial charge is 0.496 e. The molecule has 0 spiro atoms. The molecule has 1 rings (SSSR count). The van der Waals surface area contributed by atoms with Crippen molar-refractivity contribution in [3.8, 4) is 5.75 Å². The molecule has 0 N–H and O–H groups in total. The average Bonchev–Trinajstić information content (AvgIpc) is 2.28. The van der Waals surface area contributed by atoms with Gasteiger partial charge in [0.2, 0.25) is 0 Å². The smallest absolute Gasteiger partial charge is 0.341 e. The molecular formula is C11H13BrO3. The highest BCUT2D eigenvalue weighted by molar-refractivity contribution is 9.08. The van der Waals surface area contributed by atoms with E-state index in [0.717, 1.165) is 10.9 Å². The van der Waals surface area contributed by atoms with Crippen molar-refractivity contribution in [1.82, 2.24) is 0 Å². The van der Waals surface area contributed by atoms with Crippen LogP contribution in [0.3, 0.4) is 0 Å². The number of hydrogen-bond donors (Lipinski definition) is 0. The predicted octanol–water partition coefficient (Wildman–Crippen LogP) is 2.77. The fourth-order valence-electron chi connectivity index (χ4n) is 1.20. The van der Waals surface area contributed by atoms with Gasteiger partial charge in [-0.25, -0.2) is 4.79 Å². The van der Waals surface area contributed by atoms with E-state index < -0.39 is 0 Å². The Balaban J connectivity index is 3.02. The summed E-state index contributed by atoms with van der Waals surface area (Å²) in [5, 5.41) is 0.729. The normalized spacial score (nSPS) is 9.80. The highest BCUT2D eigenvalue weighted by Crippen LogP contribution is 2.22. The number of carbonyl (C=O) groups excluding carboxylic acids is 1. The van der Waals surface area contributed by atoms with Gasteiger partial charge in [0.1, 0.15) is 11.3 Å². The van der Waals surface area contributed by atoms with Crippen LogP contribution in [0.2, 0.25) is 0 Å². The van der Waals surface area contributed by atoms with Crippen molar-refractivity contribution in [2.45, 2.75) is 12.3 Å². The molecule has 0 fully saturated rings. The van der Waals surface area contributed by atoms with Crippen molar-refractivity contribution >= 4 is 21.9 Å². The molecule has 82 valence electrons. The molecule has 0 unspecified atom stereocenters. The first-order valence-corrected chi connectivity index (χ1v) is 5.75. The van der Waals surface area contributed by atoms with E-state index in [4.69, 9.17) is 9.47 Å². The van der Waals surface area contributed by atoms with Crippen molar-refractivity contribution in [3.63, 3.8) is 0 Å². The lowest BCUT2D eigenvalue weighted by atomic mass is 10.1. The maximum Gasteiger partial charge on any atom is 0.341 e. The first-order chi connectivity index (χ1) is 7.22. The zero-order valence-electron chi connectivity index (χ0n) is 8.75. The summed E-state index contributed by atoms with van der Waals surface area (Å²) in [6, 6.07) is 5.40. The monoisotopic (exact) mass is 272 g/mol. The lowest BCUT2D eigenvalue weighted by Crippen LogP contribution is -2.06. The number of methoxy groups -OCH3 is 1. The lowest BCUT2D eigenvalue weighted by Gasteiger charge is -2.08. The van der Waals surface area contributed by atoms with Crippen molar-refractivity contribution in [1.29, 1.82) is 0 Å². The fourth-order valence-corrected chi connectivity index (χ4v) is 1.55. The van der Waals surface area contributed by atoms with Crippen LogP contribution in [-0.4, -0.2) is 19.7 Å². The molecule has 0 aliphatic rings. The third-order valence-corrected chi connectivity index (χ3v) is 2.56. The van der Waals surface area contributed by atoms with E-state index in [-0.39, 0.29) is 5.97 Å². The SMILES string of the molecule is CCOC(=O)c1ccc(CBr)cc1OC. The van der Waals surface area contributed by atoms with Gasteiger partial charge in [-0.1, -0.05) is 22.0 Å². The van der Waals surface area contributed by atoms with Gasteiger partial charge in [0, 0.05) is 5.33 Å². The minimum absolute atomic E-state index is 0.351. The van der Waals surface area contributed by atoms with Gasteiger partial charge in [0.05, 0.1) is 13.7 Å². The van der Waals surface area contributed by atoms with E-state index in [0.29, 0.717) is 17.9 Å². The lowest BCUT2D eigenvalue weighted by molar-refractivity contribution is 0.0522. The van der Waals surface area contributed by atoms with Crippen molar-refractivity contribution in [2.75, 3.05) is 13.7 Å². The van der Waals surface area contributed by atoms with Crippen LogP contribution in [0.25, 0.3) is 0 Å². The fraction of sp³-hybridized carbons (Fsp3) is 0.364. The summed E-state index contributed by atoms with van der Waals surface area (Å²) in [4.78, 5) is 11.5. The molecule has 15 heavy (non-hydrogen) atoms. The maximum atomic E-state index is 11.5. The quantitative estimate of drug-likeness (QED) is 0.625. The standard InChI is InChI=1S/C11H13BrO3/c1-3-15-11(13)9-5-4-8(7-12)6-10(9)14-2/h4-6H,3,7H2,1-2H3. The van der Waals surface area contributed by atoms with Crippen LogP contribution in [0.15, 0.2) is 18.2 Å². The van der Waals surface area contributed by atoms with Gasteiger partial charge in [-0.05, 0) is 24.6 Å². The Morgan fingerprint density at radius 3 is 2.73 bits per heavy atom. The molecule has 0 bridgehead atoms. The van der Waals surface area contributed by atoms with Crippen LogP contribution in [0, 0.1) is 0 Å². The highest BCUT2D eigenvalue weighted by atomic mass is 79.9. The molecule has 0 saturated heterocycles. The summed E-state index contributed by atoms with van der Waals surface area (Å²) in [5.41, 5.74) is 1.52. The van der Waals surface area contributed by atoms with E-state index in [1.54, 1.807) is 13.0 Å². The van der Waals surface area contributed by atoms with E-state index in [2.05, 4.69) is 15.9 Å². The minimum Gasteiger partial charge on any atom is -0.496 e. The van der Waals surface area contributed by atoms with Crippen molar-refractivity contribution in [2.24, 2.45) is 0 Å². The number of alkyl halides is 1. The summed E-state index contributed by atoms with van der Waals surface area (Å²) in [7, 11) is 1.54. The molecule has 0 aliphatic carbocycles. The summed E-state index contributed by atoms with van der Waals surface area (Å²) in [6.07, 6.45) is 0. The van der Waals surface area contributed by atoms with E-state index in [9.17, 15) is 4.79 Å². The third-order valence-electron chi connectivity index (χ3n) is 1.92. The minimum atomic E-state index is -0.351. The molecule has 0 heterocycles. The first-order valence-electron chi connectivity index (χ1n) is 4.63. The summed E-state index contributed by atoms with van der Waals surface area (Å²) in [6.45, 7) is 2.14. The van der Waals surface area contributed by atoms with Crippen molar-refractivity contribution in [3.05, 3.63) is 29.3 Å². The Hall–Kier alpha value is -1.03. The average molecular weight is 273 g/mol. The Morgan fingerprint density at radius 2 is 2.20 bits per heavy atom. The van der Waals surface area contributed by atoms with Gasteiger partial charge in [0.15, 0.2) is 0 Å². The second-order valence-electron chi connectivity index (χ2n) is 2.89. The Morgan fingerprint density at radius 1 is 1.47 bits per heavy atom. The Bertz CT molecular complexity index is 350. The maximum absolute atomic E-state index is 11.5. The van der Waals surface area contributed by atoms with Gasteiger partial charge in [-0.3, -0.25) is 0 Å². The summed E-state index contributed by atoms with van der Waals surface area (Å²) >= 11 is 3.34. The second-order valence-corrected chi connectivity index (χ2v) is 3.45. The number of hydrogen-bond acceptors (Lipinski definition) is 3. The topological polar surface area (TPSA) is 35.5 Å². The van der Waals surface area contributed by atoms with Gasteiger partial charge >= 0.3 is 5.97 Å². The molecule has 0 saturated carbocycles. The van der Waals surface area contributed by atoms with Gasteiger partial charge in [-0.2, -0.15) is 0 Å². The molecule has 3 nitrogen and oxygen atoms in total. The van der Waals surface area contributed by atoms with Crippen LogP contribution >= 0.6 is 15.9 Å². The van der Waals surface area contributed by atoms with Crippen LogP contribution in [0.5, 0.6) is 5.75 Å². The molecule has 1 aromatic rings.